The van der Waals surface area contributed by atoms with Gasteiger partial charge in [-0.1, -0.05) is 117 Å². The number of rotatable bonds is 31. The molecule has 0 aromatic rings. The molecule has 0 aliphatic rings. The third kappa shape index (κ3) is 25.5. The molecule has 254 valence electrons. The minimum absolute atomic E-state index is 0.0725. The summed E-state index contributed by atoms with van der Waals surface area (Å²) in [5, 5.41) is 1.76. The Morgan fingerprint density at radius 1 is 0.698 bits per heavy atom. The molecule has 1 amide bonds. The number of carbonyl (C=O) groups excluding carboxylic acids is 2. The van der Waals surface area contributed by atoms with Gasteiger partial charge in [-0.15, -0.1) is 0 Å². The lowest BCUT2D eigenvalue weighted by Crippen LogP contribution is -2.41. The number of amides is 1. The zero-order valence-corrected chi connectivity index (χ0v) is 28.9. The quantitative estimate of drug-likeness (QED) is 0.0337. The van der Waals surface area contributed by atoms with E-state index in [-0.39, 0.29) is 18.6 Å². The normalized spacial score (nSPS) is 12.6. The van der Waals surface area contributed by atoms with E-state index in [1.807, 2.05) is 14.1 Å². The van der Waals surface area contributed by atoms with Crippen molar-refractivity contribution in [3.8, 4) is 0 Å². The predicted molar refractivity (Wildman–Crippen MR) is 179 cm³/mol. The van der Waals surface area contributed by atoms with Gasteiger partial charge >= 0.3 is 5.97 Å². The van der Waals surface area contributed by atoms with E-state index in [1.165, 1.54) is 83.1 Å². The van der Waals surface area contributed by atoms with E-state index in [9.17, 15) is 14.0 Å². The molecule has 1 atom stereocenters. The Labute approximate surface area is 265 Å². The van der Waals surface area contributed by atoms with Crippen molar-refractivity contribution in [2.75, 3.05) is 33.9 Å². The van der Waals surface area contributed by atoms with Gasteiger partial charge in [0.25, 0.3) is 0 Å². The number of unbranched alkanes of at least 4 members (excludes halogenated alkanes) is 16. The number of hydrogen-bond donors (Lipinski definition) is 0. The number of carbonyl (C=O) groups is 2. The van der Waals surface area contributed by atoms with Crippen molar-refractivity contribution in [2.24, 2.45) is 0 Å². The molecule has 0 aromatic carbocycles. The van der Waals surface area contributed by atoms with Gasteiger partial charge in [-0.05, 0) is 72.2 Å². The van der Waals surface area contributed by atoms with Gasteiger partial charge in [0.05, 0.1) is 19.3 Å². The standard InChI is InChI=1S/C36H69FN2O4/c1-6-9-11-13-15-17-21-25-32-43-39(35(40)30-26-31-38(4)5)33(27-22-18-16-14-12-10-7-2)28-23-19-20-24-29-34(37)36(41)42-8-3/h29,33H,6-28,30-32H2,1-5H3. The molecule has 0 aliphatic carbocycles. The van der Waals surface area contributed by atoms with Crippen LogP contribution in [-0.2, 0) is 19.2 Å². The second-order valence-corrected chi connectivity index (χ2v) is 12.4. The second-order valence-electron chi connectivity index (χ2n) is 12.4. The third-order valence-corrected chi connectivity index (χ3v) is 7.98. The first-order chi connectivity index (χ1) is 20.9. The maximum atomic E-state index is 13.8. The Kier molecular flexibility index (Phi) is 29.5. The molecule has 0 heterocycles. The first-order valence-corrected chi connectivity index (χ1v) is 18.0. The maximum absolute atomic E-state index is 13.8. The maximum Gasteiger partial charge on any atom is 0.366 e. The van der Waals surface area contributed by atoms with Gasteiger partial charge in [0.2, 0.25) is 11.7 Å². The summed E-state index contributed by atoms with van der Waals surface area (Å²) in [4.78, 5) is 33.4. The highest BCUT2D eigenvalue weighted by Gasteiger charge is 2.24. The van der Waals surface area contributed by atoms with Crippen molar-refractivity contribution in [3.63, 3.8) is 0 Å². The summed E-state index contributed by atoms with van der Waals surface area (Å²) >= 11 is 0. The van der Waals surface area contributed by atoms with Gasteiger partial charge < -0.3 is 9.64 Å². The van der Waals surface area contributed by atoms with Crippen LogP contribution in [0.3, 0.4) is 0 Å². The van der Waals surface area contributed by atoms with E-state index in [0.29, 0.717) is 19.4 Å². The molecule has 0 aliphatic heterocycles. The molecule has 0 N–H and O–H groups in total. The lowest BCUT2D eigenvalue weighted by atomic mass is 9.99. The molecule has 0 rings (SSSR count). The van der Waals surface area contributed by atoms with Crippen LogP contribution < -0.4 is 0 Å². The Morgan fingerprint density at radius 2 is 1.21 bits per heavy atom. The Morgan fingerprint density at radius 3 is 1.74 bits per heavy atom. The van der Waals surface area contributed by atoms with Gasteiger partial charge in [0, 0.05) is 6.42 Å². The monoisotopic (exact) mass is 613 g/mol. The van der Waals surface area contributed by atoms with Crippen molar-refractivity contribution in [1.82, 2.24) is 9.96 Å². The van der Waals surface area contributed by atoms with E-state index >= 15 is 0 Å². The fourth-order valence-corrected chi connectivity index (χ4v) is 5.37. The second kappa shape index (κ2) is 30.6. The van der Waals surface area contributed by atoms with Gasteiger partial charge in [0.15, 0.2) is 0 Å². The summed E-state index contributed by atoms with van der Waals surface area (Å²) in [7, 11) is 4.08. The minimum Gasteiger partial charge on any atom is -0.461 e. The molecule has 7 heteroatoms. The summed E-state index contributed by atoms with van der Waals surface area (Å²) in [6, 6.07) is 0.0725. The Hall–Kier alpha value is -1.47. The lowest BCUT2D eigenvalue weighted by molar-refractivity contribution is -0.203. The molecule has 0 fully saturated rings. The summed E-state index contributed by atoms with van der Waals surface area (Å²) in [6.07, 6.45) is 26.3. The Balaban J connectivity index is 5.07. The van der Waals surface area contributed by atoms with Crippen LogP contribution >= 0.6 is 0 Å². The molecule has 43 heavy (non-hydrogen) atoms. The average Bonchev–Trinajstić information content (AvgIpc) is 2.98. The fraction of sp³-hybridized carbons (Fsp3) is 0.889. The van der Waals surface area contributed by atoms with Crippen LogP contribution in [0.2, 0.25) is 0 Å². The van der Waals surface area contributed by atoms with Crippen molar-refractivity contribution in [2.45, 2.75) is 174 Å². The molecule has 0 saturated heterocycles. The van der Waals surface area contributed by atoms with Crippen LogP contribution in [0, 0.1) is 0 Å². The molecular formula is C36H69FN2O4. The minimum atomic E-state index is -0.880. The third-order valence-electron chi connectivity index (χ3n) is 7.98. The molecule has 0 aromatic heterocycles. The molecule has 0 saturated carbocycles. The highest BCUT2D eigenvalue weighted by molar-refractivity contribution is 5.85. The van der Waals surface area contributed by atoms with E-state index in [2.05, 4.69) is 18.7 Å². The highest BCUT2D eigenvalue weighted by atomic mass is 19.1. The van der Waals surface area contributed by atoms with E-state index in [0.717, 1.165) is 64.3 Å². The summed E-state index contributed by atoms with van der Waals surface area (Å²) in [5.74, 6) is -1.58. The van der Waals surface area contributed by atoms with Crippen molar-refractivity contribution < 1.29 is 23.6 Å². The molecule has 0 bridgehead atoms. The van der Waals surface area contributed by atoms with E-state index in [4.69, 9.17) is 9.57 Å². The molecule has 1 unspecified atom stereocenters. The number of hydrogen-bond acceptors (Lipinski definition) is 5. The number of esters is 1. The van der Waals surface area contributed by atoms with Crippen LogP contribution in [0.15, 0.2) is 11.9 Å². The van der Waals surface area contributed by atoms with Gasteiger partial charge in [-0.25, -0.2) is 9.86 Å². The summed E-state index contributed by atoms with van der Waals surface area (Å²) < 4.78 is 18.5. The van der Waals surface area contributed by atoms with Crippen LogP contribution in [0.4, 0.5) is 4.39 Å². The lowest BCUT2D eigenvalue weighted by Gasteiger charge is -2.31. The number of nitrogens with zero attached hydrogens (tertiary/aromatic N) is 2. The molecule has 0 spiro atoms. The smallest absolute Gasteiger partial charge is 0.366 e. The van der Waals surface area contributed by atoms with E-state index in [1.54, 1.807) is 12.0 Å². The topological polar surface area (TPSA) is 59.1 Å². The molecular weight excluding hydrogens is 543 g/mol. The van der Waals surface area contributed by atoms with Crippen molar-refractivity contribution in [1.29, 1.82) is 0 Å². The van der Waals surface area contributed by atoms with Gasteiger partial charge in [-0.2, -0.15) is 4.39 Å². The predicted octanol–water partition coefficient (Wildman–Crippen LogP) is 10.1. The largest absolute Gasteiger partial charge is 0.461 e. The zero-order chi connectivity index (χ0) is 32.0. The highest BCUT2D eigenvalue weighted by Crippen LogP contribution is 2.21. The first kappa shape index (κ1) is 41.5. The zero-order valence-electron chi connectivity index (χ0n) is 28.9. The van der Waals surface area contributed by atoms with Crippen molar-refractivity contribution >= 4 is 11.9 Å². The van der Waals surface area contributed by atoms with Crippen LogP contribution in [0.1, 0.15) is 168 Å². The SMILES string of the molecule is CCCCCCCCCCON(C(=O)CCCN(C)C)C(CCCCCC=C(F)C(=O)OCC)CCCCCCCCC. The van der Waals surface area contributed by atoms with Crippen molar-refractivity contribution in [3.05, 3.63) is 11.9 Å². The fourth-order valence-electron chi connectivity index (χ4n) is 5.37. The summed E-state index contributed by atoms with van der Waals surface area (Å²) in [5.41, 5.74) is 0. The van der Waals surface area contributed by atoms with E-state index < -0.39 is 11.8 Å². The van der Waals surface area contributed by atoms with Gasteiger partial charge in [0.1, 0.15) is 0 Å². The van der Waals surface area contributed by atoms with Crippen LogP contribution in [-0.4, -0.2) is 61.7 Å². The average molecular weight is 613 g/mol. The van der Waals surface area contributed by atoms with Crippen LogP contribution in [0.5, 0.6) is 0 Å². The number of ether oxygens (including phenoxy) is 1. The van der Waals surface area contributed by atoms with Gasteiger partial charge in [-0.3, -0.25) is 9.63 Å². The van der Waals surface area contributed by atoms with Crippen LogP contribution in [0.25, 0.3) is 0 Å². The summed E-state index contributed by atoms with van der Waals surface area (Å²) in [6.45, 7) is 7.82. The number of halogens is 1. The molecule has 6 nitrogen and oxygen atoms in total. The number of allylic oxidation sites excluding steroid dienone is 1. The number of hydroxylamine groups is 2. The molecule has 0 radical (unpaired) electrons. The first-order valence-electron chi connectivity index (χ1n) is 18.0. The Bertz CT molecular complexity index is 686.